The molecule has 0 aliphatic heterocycles. The minimum absolute atomic E-state index is 0.431. The van der Waals surface area contributed by atoms with Crippen molar-refractivity contribution in [3.05, 3.63) is 0 Å². The molecule has 0 aromatic heterocycles. The molecule has 0 aromatic rings. The van der Waals surface area contributed by atoms with Crippen LogP contribution in [-0.4, -0.2) is 42.8 Å². The third kappa shape index (κ3) is 4.39. The van der Waals surface area contributed by atoms with Crippen molar-refractivity contribution in [1.29, 1.82) is 0 Å². The molecule has 0 saturated carbocycles. The summed E-state index contributed by atoms with van der Waals surface area (Å²) in [5, 5.41) is 0. The number of carbonyl (C=O) groups excluding carboxylic acids is 1. The summed E-state index contributed by atoms with van der Waals surface area (Å²) in [6.45, 7) is 13.7. The predicted molar refractivity (Wildman–Crippen MR) is 78.1 cm³/mol. The van der Waals surface area contributed by atoms with E-state index in [0.29, 0.717) is 5.91 Å². The Bertz CT molecular complexity index is 225. The first kappa shape index (κ1) is 16.5. The van der Waals surface area contributed by atoms with Crippen molar-refractivity contribution in [3.63, 3.8) is 0 Å². The first-order valence-corrected chi connectivity index (χ1v) is 17.5. The van der Waals surface area contributed by atoms with Gasteiger partial charge in [-0.3, -0.25) is 0 Å². The van der Waals surface area contributed by atoms with E-state index in [-0.39, 0.29) is 0 Å². The first-order chi connectivity index (χ1) is 7.22. The van der Waals surface area contributed by atoms with E-state index >= 15 is 0 Å². The summed E-state index contributed by atoms with van der Waals surface area (Å²) in [4.78, 5) is 12.3. The Morgan fingerprint density at radius 2 is 1.44 bits per heavy atom. The molecule has 0 aliphatic rings. The standard InChI is InChI=1S/C6H15NOSi.3C2H5.Sn/c1-7-6(8)5-9(2,3)4;3*1-2;/h5H2,1-4H3,(H,7,8);3*1H2,2H3;/q;;;;+1/p-1. The molecule has 1 amide bonds. The molecule has 0 rings (SSSR count). The van der Waals surface area contributed by atoms with Gasteiger partial charge in [0.25, 0.3) is 0 Å². The van der Waals surface area contributed by atoms with Crippen LogP contribution in [0.15, 0.2) is 0 Å². The van der Waals surface area contributed by atoms with E-state index < -0.39 is 26.7 Å². The second kappa shape index (κ2) is 6.43. The number of nitrogens with zero attached hydrogens (tertiary/aromatic N) is 1. The monoisotopic (exact) mass is 351 g/mol. The zero-order valence-electron chi connectivity index (χ0n) is 12.2. The van der Waals surface area contributed by atoms with E-state index in [9.17, 15) is 4.79 Å². The summed E-state index contributed by atoms with van der Waals surface area (Å²) in [6.07, 6.45) is 0. The summed E-state index contributed by atoms with van der Waals surface area (Å²) in [6, 6.07) is 0.822. The molecule has 16 heavy (non-hydrogen) atoms. The van der Waals surface area contributed by atoms with Gasteiger partial charge in [0.15, 0.2) is 0 Å². The van der Waals surface area contributed by atoms with Gasteiger partial charge >= 0.3 is 107 Å². The van der Waals surface area contributed by atoms with E-state index in [1.165, 1.54) is 13.3 Å². The summed E-state index contributed by atoms with van der Waals surface area (Å²) in [5.74, 6) is 0.431. The molecular weight excluding hydrogens is 321 g/mol. The van der Waals surface area contributed by atoms with Crippen LogP contribution in [0.2, 0.25) is 39.0 Å². The Morgan fingerprint density at radius 3 is 1.69 bits per heavy atom. The number of carbonyl (C=O) groups is 1. The Hall–Kier alpha value is 0.486. The van der Waals surface area contributed by atoms with Gasteiger partial charge in [0, 0.05) is 0 Å². The quantitative estimate of drug-likeness (QED) is 0.668. The van der Waals surface area contributed by atoms with Crippen molar-refractivity contribution in [3.8, 4) is 0 Å². The number of amides is 1. The van der Waals surface area contributed by atoms with Crippen molar-refractivity contribution >= 4 is 32.6 Å². The van der Waals surface area contributed by atoms with Crippen LogP contribution in [0, 0.1) is 0 Å². The van der Waals surface area contributed by atoms with Crippen LogP contribution in [0.5, 0.6) is 0 Å². The Morgan fingerprint density at radius 1 is 1.06 bits per heavy atom. The normalized spacial score (nSPS) is 12.7. The SMILES string of the molecule is C[CH2][Sn]([CH2]C)([CH2]C)[N](C)C(=O)C[Si](C)(C)C. The van der Waals surface area contributed by atoms with E-state index in [1.807, 2.05) is 0 Å². The molecule has 0 atom stereocenters. The molecule has 0 heterocycles. The summed E-state index contributed by atoms with van der Waals surface area (Å²) in [7, 11) is 0.821. The molecule has 4 heteroatoms. The number of hydrogen-bond acceptors (Lipinski definition) is 1. The molecule has 96 valence electrons. The van der Waals surface area contributed by atoms with E-state index in [4.69, 9.17) is 0 Å². The van der Waals surface area contributed by atoms with Crippen molar-refractivity contribution in [2.75, 3.05) is 7.05 Å². The van der Waals surface area contributed by atoms with Gasteiger partial charge in [-0.15, -0.1) is 0 Å². The van der Waals surface area contributed by atoms with Crippen LogP contribution in [0.25, 0.3) is 0 Å². The van der Waals surface area contributed by atoms with Gasteiger partial charge in [-0.25, -0.2) is 0 Å². The third-order valence-electron chi connectivity index (χ3n) is 3.74. The van der Waals surface area contributed by atoms with Gasteiger partial charge in [-0.1, -0.05) is 0 Å². The molecule has 0 fully saturated rings. The fourth-order valence-electron chi connectivity index (χ4n) is 2.30. The maximum absolute atomic E-state index is 12.3. The van der Waals surface area contributed by atoms with E-state index in [0.717, 1.165) is 6.04 Å². The van der Waals surface area contributed by atoms with Gasteiger partial charge in [0.2, 0.25) is 0 Å². The molecule has 0 aliphatic carbocycles. The fraction of sp³-hybridized carbons (Fsp3) is 0.917. The fourth-order valence-corrected chi connectivity index (χ4v) is 14.0. The van der Waals surface area contributed by atoms with Crippen LogP contribution < -0.4 is 0 Å². The molecule has 0 N–H and O–H groups in total. The van der Waals surface area contributed by atoms with Crippen LogP contribution in [-0.2, 0) is 4.79 Å². The van der Waals surface area contributed by atoms with Gasteiger partial charge in [0.05, 0.1) is 0 Å². The Labute approximate surface area is 107 Å². The average Bonchev–Trinajstić information content (AvgIpc) is 2.18. The first-order valence-electron chi connectivity index (χ1n) is 6.49. The number of hydrogen-bond donors (Lipinski definition) is 0. The molecular formula is C12H29NOSiSn. The number of rotatable bonds is 6. The molecule has 0 unspecified atom stereocenters. The molecule has 0 saturated heterocycles. The van der Waals surface area contributed by atoms with Crippen molar-refractivity contribution in [2.45, 2.75) is 59.8 Å². The van der Waals surface area contributed by atoms with Gasteiger partial charge < -0.3 is 0 Å². The Kier molecular flexibility index (Phi) is 6.62. The second-order valence-electron chi connectivity index (χ2n) is 5.98. The minimum atomic E-state index is -2.28. The maximum atomic E-state index is 12.3. The second-order valence-corrected chi connectivity index (χ2v) is 26.4. The average molecular weight is 350 g/mol. The van der Waals surface area contributed by atoms with Gasteiger partial charge in [-0.2, -0.15) is 0 Å². The van der Waals surface area contributed by atoms with Crippen molar-refractivity contribution < 1.29 is 4.79 Å². The zero-order chi connectivity index (χ0) is 13.0. The predicted octanol–water partition coefficient (Wildman–Crippen LogP) is 3.79. The van der Waals surface area contributed by atoms with Crippen molar-refractivity contribution in [1.82, 2.24) is 3.12 Å². The molecule has 0 radical (unpaired) electrons. The third-order valence-corrected chi connectivity index (χ3v) is 21.1. The molecule has 0 spiro atoms. The van der Waals surface area contributed by atoms with E-state index in [2.05, 4.69) is 50.6 Å². The molecule has 2 nitrogen and oxygen atoms in total. The van der Waals surface area contributed by atoms with Crippen LogP contribution >= 0.6 is 0 Å². The molecule has 0 aromatic carbocycles. The summed E-state index contributed by atoms with van der Waals surface area (Å²) >= 11 is -2.28. The van der Waals surface area contributed by atoms with E-state index in [1.54, 1.807) is 0 Å². The summed E-state index contributed by atoms with van der Waals surface area (Å²) < 4.78 is 6.01. The summed E-state index contributed by atoms with van der Waals surface area (Å²) in [5.41, 5.74) is 0. The van der Waals surface area contributed by atoms with Crippen LogP contribution in [0.4, 0.5) is 0 Å². The van der Waals surface area contributed by atoms with Crippen LogP contribution in [0.1, 0.15) is 20.8 Å². The Balaban J connectivity index is 4.75. The van der Waals surface area contributed by atoms with Gasteiger partial charge in [-0.05, 0) is 0 Å². The van der Waals surface area contributed by atoms with Crippen molar-refractivity contribution in [2.24, 2.45) is 0 Å². The van der Waals surface area contributed by atoms with Gasteiger partial charge in [0.1, 0.15) is 0 Å². The van der Waals surface area contributed by atoms with Crippen LogP contribution in [0.3, 0.4) is 0 Å². The zero-order valence-corrected chi connectivity index (χ0v) is 16.0. The molecule has 0 bridgehead atoms. The topological polar surface area (TPSA) is 20.3 Å².